The first-order chi connectivity index (χ1) is 10.3. The first kappa shape index (κ1) is 13.4. The van der Waals surface area contributed by atoms with E-state index in [1.54, 1.807) is 0 Å². The molecule has 4 fully saturated rings. The van der Waals surface area contributed by atoms with Crippen LogP contribution in [-0.2, 0) is 9.53 Å². The molecule has 114 valence electrons. The van der Waals surface area contributed by atoms with E-state index < -0.39 is 0 Å². The molecule has 1 aromatic heterocycles. The Morgan fingerprint density at radius 1 is 1.14 bits per heavy atom. The number of rotatable bonds is 3. The van der Waals surface area contributed by atoms with Crippen molar-refractivity contribution < 1.29 is 14.1 Å². The third kappa shape index (κ3) is 2.22. The van der Waals surface area contributed by atoms with Crippen molar-refractivity contribution in [3.8, 4) is 0 Å². The Morgan fingerprint density at radius 2 is 1.90 bits per heavy atom. The molecule has 1 aromatic rings. The average molecular weight is 290 g/mol. The summed E-state index contributed by atoms with van der Waals surface area (Å²) in [5.74, 6) is 2.74. The van der Waals surface area contributed by atoms with Crippen LogP contribution in [0.15, 0.2) is 4.52 Å². The summed E-state index contributed by atoms with van der Waals surface area (Å²) in [4.78, 5) is 16.4. The predicted molar refractivity (Wildman–Crippen MR) is 74.9 cm³/mol. The standard InChI is InChI=1S/C16H22N2O3/c19-10-16-5-1-11(2-6-16)9-13(16)15-17-14(18-21-15)12-3-7-20-8-4-12/h10-13H,1-9H2. The highest BCUT2D eigenvalue weighted by Gasteiger charge is 2.50. The van der Waals surface area contributed by atoms with Gasteiger partial charge in [-0.05, 0) is 50.9 Å². The van der Waals surface area contributed by atoms with E-state index in [2.05, 4.69) is 10.1 Å². The van der Waals surface area contributed by atoms with E-state index in [1.165, 1.54) is 19.1 Å². The fourth-order valence-corrected chi connectivity index (χ4v) is 4.42. The van der Waals surface area contributed by atoms with Crippen molar-refractivity contribution in [3.63, 3.8) is 0 Å². The van der Waals surface area contributed by atoms with Crippen LogP contribution in [0.1, 0.15) is 68.5 Å². The quantitative estimate of drug-likeness (QED) is 0.801. The van der Waals surface area contributed by atoms with Gasteiger partial charge in [0.2, 0.25) is 5.89 Å². The Kier molecular flexibility index (Phi) is 3.32. The minimum atomic E-state index is -0.242. The van der Waals surface area contributed by atoms with E-state index in [0.29, 0.717) is 11.8 Å². The molecule has 1 saturated heterocycles. The summed E-state index contributed by atoms with van der Waals surface area (Å²) < 4.78 is 11.0. The second-order valence-electron chi connectivity index (χ2n) is 6.96. The van der Waals surface area contributed by atoms with Crippen molar-refractivity contribution >= 4 is 6.29 Å². The van der Waals surface area contributed by atoms with Crippen LogP contribution in [0.3, 0.4) is 0 Å². The van der Waals surface area contributed by atoms with Crippen LogP contribution in [0, 0.1) is 11.3 Å². The fraction of sp³-hybridized carbons (Fsp3) is 0.812. The lowest BCUT2D eigenvalue weighted by Gasteiger charge is -2.47. The number of carbonyl (C=O) groups excluding carboxylic acids is 1. The van der Waals surface area contributed by atoms with Crippen LogP contribution >= 0.6 is 0 Å². The van der Waals surface area contributed by atoms with Crippen LogP contribution < -0.4 is 0 Å². The normalized spacial score (nSPS) is 36.8. The van der Waals surface area contributed by atoms with Crippen molar-refractivity contribution in [2.24, 2.45) is 11.3 Å². The molecule has 1 unspecified atom stereocenters. The molecule has 5 rings (SSSR count). The van der Waals surface area contributed by atoms with Crippen molar-refractivity contribution in [2.45, 2.75) is 56.8 Å². The summed E-state index contributed by atoms with van der Waals surface area (Å²) in [5, 5.41) is 4.21. The Bertz CT molecular complexity index is 513. The molecule has 4 aliphatic rings. The summed E-state index contributed by atoms with van der Waals surface area (Å²) >= 11 is 0. The highest BCUT2D eigenvalue weighted by molar-refractivity contribution is 5.62. The van der Waals surface area contributed by atoms with Gasteiger partial charge in [-0.1, -0.05) is 5.16 Å². The van der Waals surface area contributed by atoms with Crippen LogP contribution in [0.4, 0.5) is 0 Å². The highest BCUT2D eigenvalue weighted by atomic mass is 16.5. The van der Waals surface area contributed by atoms with Gasteiger partial charge in [-0.15, -0.1) is 0 Å². The van der Waals surface area contributed by atoms with Gasteiger partial charge in [0, 0.05) is 24.5 Å². The predicted octanol–water partition coefficient (Wildman–Crippen LogP) is 2.83. The summed E-state index contributed by atoms with van der Waals surface area (Å²) in [6.07, 6.45) is 8.46. The summed E-state index contributed by atoms with van der Waals surface area (Å²) in [6, 6.07) is 0. The zero-order valence-corrected chi connectivity index (χ0v) is 12.3. The van der Waals surface area contributed by atoms with Gasteiger partial charge >= 0.3 is 0 Å². The molecule has 1 aliphatic heterocycles. The van der Waals surface area contributed by atoms with Crippen LogP contribution in [-0.4, -0.2) is 29.6 Å². The van der Waals surface area contributed by atoms with Crippen molar-refractivity contribution in [1.82, 2.24) is 10.1 Å². The maximum absolute atomic E-state index is 11.7. The molecule has 3 saturated carbocycles. The van der Waals surface area contributed by atoms with E-state index >= 15 is 0 Å². The molecule has 0 spiro atoms. The van der Waals surface area contributed by atoms with Gasteiger partial charge in [-0.25, -0.2) is 0 Å². The number of nitrogens with zero attached hydrogens (tertiary/aromatic N) is 2. The molecule has 2 bridgehead atoms. The molecule has 0 radical (unpaired) electrons. The number of ether oxygens (including phenoxy) is 1. The molecule has 0 aromatic carbocycles. The third-order valence-electron chi connectivity index (χ3n) is 5.88. The molecule has 3 aliphatic carbocycles. The minimum Gasteiger partial charge on any atom is -0.381 e. The highest BCUT2D eigenvalue weighted by Crippen LogP contribution is 2.56. The molecule has 5 nitrogen and oxygen atoms in total. The lowest BCUT2D eigenvalue weighted by Crippen LogP contribution is -2.42. The summed E-state index contributed by atoms with van der Waals surface area (Å²) in [7, 11) is 0. The van der Waals surface area contributed by atoms with Gasteiger partial charge in [0.25, 0.3) is 0 Å². The van der Waals surface area contributed by atoms with Crippen molar-refractivity contribution in [2.75, 3.05) is 13.2 Å². The van der Waals surface area contributed by atoms with E-state index in [0.717, 1.165) is 57.1 Å². The average Bonchev–Trinajstić information content (AvgIpc) is 3.06. The molecular weight excluding hydrogens is 268 g/mol. The largest absolute Gasteiger partial charge is 0.381 e. The summed E-state index contributed by atoms with van der Waals surface area (Å²) in [6.45, 7) is 1.55. The zero-order valence-electron chi connectivity index (χ0n) is 12.3. The Balaban J connectivity index is 1.58. The number of hydrogen-bond acceptors (Lipinski definition) is 5. The molecular formula is C16H22N2O3. The second-order valence-corrected chi connectivity index (χ2v) is 6.96. The molecule has 21 heavy (non-hydrogen) atoms. The van der Waals surface area contributed by atoms with Crippen molar-refractivity contribution in [1.29, 1.82) is 0 Å². The number of aromatic nitrogens is 2. The number of carbonyl (C=O) groups is 1. The number of aldehydes is 1. The van der Waals surface area contributed by atoms with Gasteiger partial charge < -0.3 is 14.1 Å². The van der Waals surface area contributed by atoms with Crippen LogP contribution in [0.25, 0.3) is 0 Å². The molecule has 0 N–H and O–H groups in total. The van der Waals surface area contributed by atoms with E-state index in [9.17, 15) is 4.79 Å². The van der Waals surface area contributed by atoms with Crippen LogP contribution in [0.5, 0.6) is 0 Å². The molecule has 0 amide bonds. The first-order valence-electron chi connectivity index (χ1n) is 8.18. The van der Waals surface area contributed by atoms with Gasteiger partial charge in [0.05, 0.1) is 5.92 Å². The number of fused-ring (bicyclic) bond motifs is 3. The van der Waals surface area contributed by atoms with Crippen LogP contribution in [0.2, 0.25) is 0 Å². The molecule has 5 heteroatoms. The zero-order chi connectivity index (χ0) is 14.3. The van der Waals surface area contributed by atoms with E-state index in [4.69, 9.17) is 9.26 Å². The maximum atomic E-state index is 11.7. The lowest BCUT2D eigenvalue weighted by molar-refractivity contribution is -0.124. The van der Waals surface area contributed by atoms with E-state index in [-0.39, 0.29) is 11.3 Å². The van der Waals surface area contributed by atoms with Crippen molar-refractivity contribution in [3.05, 3.63) is 11.7 Å². The number of hydrogen-bond donors (Lipinski definition) is 0. The summed E-state index contributed by atoms with van der Waals surface area (Å²) in [5.41, 5.74) is -0.242. The van der Waals surface area contributed by atoms with Gasteiger partial charge in [0.15, 0.2) is 5.82 Å². The lowest BCUT2D eigenvalue weighted by atomic mass is 9.55. The topological polar surface area (TPSA) is 65.2 Å². The smallest absolute Gasteiger partial charge is 0.230 e. The third-order valence-corrected chi connectivity index (χ3v) is 5.88. The Labute approximate surface area is 124 Å². The van der Waals surface area contributed by atoms with Gasteiger partial charge in [-0.3, -0.25) is 0 Å². The van der Waals surface area contributed by atoms with Gasteiger partial charge in [-0.2, -0.15) is 4.98 Å². The molecule has 1 atom stereocenters. The molecule has 2 heterocycles. The Morgan fingerprint density at radius 3 is 2.62 bits per heavy atom. The Hall–Kier alpha value is -1.23. The van der Waals surface area contributed by atoms with Gasteiger partial charge in [0.1, 0.15) is 6.29 Å². The minimum absolute atomic E-state index is 0.142. The first-order valence-corrected chi connectivity index (χ1v) is 8.18. The van der Waals surface area contributed by atoms with E-state index in [1.807, 2.05) is 0 Å². The monoisotopic (exact) mass is 290 g/mol. The maximum Gasteiger partial charge on any atom is 0.230 e. The SMILES string of the molecule is O=CC12CCC(CC1)CC2c1nc(C2CCOCC2)no1. The second kappa shape index (κ2) is 5.20. The fourth-order valence-electron chi connectivity index (χ4n) is 4.42.